The number of aromatic nitrogens is 1. The van der Waals surface area contributed by atoms with Gasteiger partial charge in [-0.3, -0.25) is 4.99 Å². The minimum absolute atomic E-state index is 0. The third-order valence-corrected chi connectivity index (χ3v) is 4.09. The fourth-order valence-electron chi connectivity index (χ4n) is 2.58. The van der Waals surface area contributed by atoms with Crippen LogP contribution in [0.3, 0.4) is 0 Å². The van der Waals surface area contributed by atoms with Crippen LogP contribution in [-0.2, 0) is 13.0 Å². The van der Waals surface area contributed by atoms with E-state index in [4.69, 9.17) is 14.2 Å². The standard InChI is InChI=1S/C21H30N4O3.HI/c1-5-12-28-20-9-7-17(14-24-20)15-25-21(22-2)23-11-10-16-6-8-18(26-3)19(13-16)27-4;/h6-9,13-14H,5,10-12,15H2,1-4H3,(H2,22,23,25);1H. The summed E-state index contributed by atoms with van der Waals surface area (Å²) in [6.07, 6.45) is 3.62. The van der Waals surface area contributed by atoms with Crippen LogP contribution in [0, 0.1) is 0 Å². The van der Waals surface area contributed by atoms with Crippen molar-refractivity contribution in [3.05, 3.63) is 47.7 Å². The maximum absolute atomic E-state index is 5.50. The Labute approximate surface area is 190 Å². The van der Waals surface area contributed by atoms with Gasteiger partial charge in [0.25, 0.3) is 0 Å². The smallest absolute Gasteiger partial charge is 0.213 e. The Morgan fingerprint density at radius 3 is 2.41 bits per heavy atom. The molecule has 0 radical (unpaired) electrons. The molecule has 0 aliphatic rings. The number of hydrogen-bond donors (Lipinski definition) is 2. The molecule has 1 aromatic carbocycles. The molecule has 2 N–H and O–H groups in total. The number of methoxy groups -OCH3 is 2. The number of benzene rings is 1. The summed E-state index contributed by atoms with van der Waals surface area (Å²) >= 11 is 0. The zero-order chi connectivity index (χ0) is 20.2. The summed E-state index contributed by atoms with van der Waals surface area (Å²) in [6.45, 7) is 4.14. The van der Waals surface area contributed by atoms with Gasteiger partial charge in [0, 0.05) is 32.4 Å². The second kappa shape index (κ2) is 13.9. The number of guanidine groups is 1. The summed E-state index contributed by atoms with van der Waals surface area (Å²) in [5.41, 5.74) is 2.22. The normalized spacial score (nSPS) is 10.7. The predicted molar refractivity (Wildman–Crippen MR) is 127 cm³/mol. The SMILES string of the molecule is CCCOc1ccc(CNC(=NC)NCCc2ccc(OC)c(OC)c2)cn1.I. The molecule has 2 aromatic rings. The van der Waals surface area contributed by atoms with E-state index in [1.165, 1.54) is 0 Å². The Bertz CT molecular complexity index is 754. The van der Waals surface area contributed by atoms with Gasteiger partial charge >= 0.3 is 0 Å². The van der Waals surface area contributed by atoms with E-state index in [0.29, 0.717) is 19.0 Å². The Morgan fingerprint density at radius 2 is 1.79 bits per heavy atom. The topological polar surface area (TPSA) is 77.0 Å². The second-order valence-corrected chi connectivity index (χ2v) is 6.15. The summed E-state index contributed by atoms with van der Waals surface area (Å²) in [5, 5.41) is 6.60. The first-order valence-electron chi connectivity index (χ1n) is 9.43. The van der Waals surface area contributed by atoms with Crippen molar-refractivity contribution in [2.24, 2.45) is 4.99 Å². The maximum Gasteiger partial charge on any atom is 0.213 e. The fourth-order valence-corrected chi connectivity index (χ4v) is 2.58. The number of aliphatic imine (C=N–C) groups is 1. The Morgan fingerprint density at radius 1 is 1.03 bits per heavy atom. The highest BCUT2D eigenvalue weighted by atomic mass is 127. The Hall–Kier alpha value is -2.23. The van der Waals surface area contributed by atoms with E-state index in [1.807, 2.05) is 36.5 Å². The van der Waals surface area contributed by atoms with Crippen LogP contribution in [0.2, 0.25) is 0 Å². The third-order valence-electron chi connectivity index (χ3n) is 4.09. The van der Waals surface area contributed by atoms with Crippen molar-refractivity contribution in [2.45, 2.75) is 26.3 Å². The lowest BCUT2D eigenvalue weighted by atomic mass is 10.1. The first-order valence-corrected chi connectivity index (χ1v) is 9.43. The average molecular weight is 514 g/mol. The highest BCUT2D eigenvalue weighted by Crippen LogP contribution is 2.27. The van der Waals surface area contributed by atoms with E-state index in [9.17, 15) is 0 Å². The molecule has 0 amide bonds. The summed E-state index contributed by atoms with van der Waals surface area (Å²) in [5.74, 6) is 2.87. The van der Waals surface area contributed by atoms with E-state index in [1.54, 1.807) is 21.3 Å². The molecule has 0 saturated heterocycles. The van der Waals surface area contributed by atoms with Crippen LogP contribution in [0.4, 0.5) is 0 Å². The second-order valence-electron chi connectivity index (χ2n) is 6.15. The van der Waals surface area contributed by atoms with Crippen LogP contribution in [0.1, 0.15) is 24.5 Å². The number of nitrogens with zero attached hydrogens (tertiary/aromatic N) is 2. The molecule has 7 nitrogen and oxygen atoms in total. The molecule has 160 valence electrons. The van der Waals surface area contributed by atoms with Crippen molar-refractivity contribution in [1.82, 2.24) is 15.6 Å². The molecule has 2 rings (SSSR count). The van der Waals surface area contributed by atoms with Crippen LogP contribution in [0.25, 0.3) is 0 Å². The molecule has 0 saturated carbocycles. The van der Waals surface area contributed by atoms with Gasteiger partial charge in [0.2, 0.25) is 5.88 Å². The van der Waals surface area contributed by atoms with Gasteiger partial charge in [-0.2, -0.15) is 0 Å². The molecule has 0 atom stereocenters. The lowest BCUT2D eigenvalue weighted by molar-refractivity contribution is 0.305. The predicted octanol–water partition coefficient (Wildman–Crippen LogP) is 3.41. The van der Waals surface area contributed by atoms with Crippen LogP contribution in [0.5, 0.6) is 17.4 Å². The minimum Gasteiger partial charge on any atom is -0.493 e. The van der Waals surface area contributed by atoms with E-state index >= 15 is 0 Å². The fraction of sp³-hybridized carbons (Fsp3) is 0.429. The summed E-state index contributed by atoms with van der Waals surface area (Å²) in [4.78, 5) is 8.57. The van der Waals surface area contributed by atoms with Gasteiger partial charge in [-0.1, -0.05) is 19.1 Å². The largest absolute Gasteiger partial charge is 0.493 e. The van der Waals surface area contributed by atoms with Crippen molar-refractivity contribution < 1.29 is 14.2 Å². The molecular weight excluding hydrogens is 483 g/mol. The maximum atomic E-state index is 5.50. The number of halogens is 1. The summed E-state index contributed by atoms with van der Waals surface area (Å²) < 4.78 is 16.1. The number of rotatable bonds is 10. The van der Waals surface area contributed by atoms with Crippen molar-refractivity contribution in [2.75, 3.05) is 34.4 Å². The number of pyridine rings is 1. The summed E-state index contributed by atoms with van der Waals surface area (Å²) in [7, 11) is 5.03. The molecule has 29 heavy (non-hydrogen) atoms. The first-order chi connectivity index (χ1) is 13.7. The van der Waals surface area contributed by atoms with Gasteiger partial charge in [0.05, 0.1) is 20.8 Å². The molecular formula is C21H31IN4O3. The molecule has 1 aromatic heterocycles. The van der Waals surface area contributed by atoms with Gasteiger partial charge in [0.15, 0.2) is 17.5 Å². The van der Waals surface area contributed by atoms with Crippen molar-refractivity contribution >= 4 is 29.9 Å². The zero-order valence-electron chi connectivity index (χ0n) is 17.5. The third kappa shape index (κ3) is 8.35. The van der Waals surface area contributed by atoms with Crippen LogP contribution in [-0.4, -0.2) is 45.4 Å². The molecule has 0 unspecified atom stereocenters. The molecule has 8 heteroatoms. The molecule has 0 aliphatic heterocycles. The molecule has 0 spiro atoms. The number of hydrogen-bond acceptors (Lipinski definition) is 5. The number of ether oxygens (including phenoxy) is 3. The lowest BCUT2D eigenvalue weighted by Gasteiger charge is -2.13. The molecule has 0 fully saturated rings. The van der Waals surface area contributed by atoms with Gasteiger partial charge in [-0.15, -0.1) is 24.0 Å². The highest BCUT2D eigenvalue weighted by molar-refractivity contribution is 14.0. The number of nitrogens with one attached hydrogen (secondary N) is 2. The summed E-state index contributed by atoms with van der Waals surface area (Å²) in [6, 6.07) is 9.83. The lowest BCUT2D eigenvalue weighted by Crippen LogP contribution is -2.37. The Kier molecular flexibility index (Phi) is 11.9. The highest BCUT2D eigenvalue weighted by Gasteiger charge is 2.05. The minimum atomic E-state index is 0. The quantitative estimate of drug-likeness (QED) is 0.288. The van der Waals surface area contributed by atoms with Crippen molar-refractivity contribution in [3.63, 3.8) is 0 Å². The Balaban J connectivity index is 0.00000420. The van der Waals surface area contributed by atoms with Crippen LogP contribution < -0.4 is 24.8 Å². The van der Waals surface area contributed by atoms with Crippen molar-refractivity contribution in [1.29, 1.82) is 0 Å². The monoisotopic (exact) mass is 514 g/mol. The first kappa shape index (κ1) is 24.8. The molecule has 1 heterocycles. The van der Waals surface area contributed by atoms with Gasteiger partial charge in [-0.25, -0.2) is 4.98 Å². The average Bonchev–Trinajstić information content (AvgIpc) is 2.75. The van der Waals surface area contributed by atoms with Crippen LogP contribution in [0.15, 0.2) is 41.5 Å². The van der Waals surface area contributed by atoms with E-state index < -0.39 is 0 Å². The van der Waals surface area contributed by atoms with Crippen LogP contribution >= 0.6 is 24.0 Å². The van der Waals surface area contributed by atoms with E-state index in [0.717, 1.165) is 48.0 Å². The van der Waals surface area contributed by atoms with Crippen molar-refractivity contribution in [3.8, 4) is 17.4 Å². The van der Waals surface area contributed by atoms with E-state index in [2.05, 4.69) is 27.5 Å². The molecule has 0 aliphatic carbocycles. The zero-order valence-corrected chi connectivity index (χ0v) is 19.9. The van der Waals surface area contributed by atoms with E-state index in [-0.39, 0.29) is 24.0 Å². The van der Waals surface area contributed by atoms with Gasteiger partial charge < -0.3 is 24.8 Å². The van der Waals surface area contributed by atoms with Gasteiger partial charge in [-0.05, 0) is 36.1 Å². The molecule has 0 bridgehead atoms. The van der Waals surface area contributed by atoms with Gasteiger partial charge in [0.1, 0.15) is 0 Å².